The molecule has 0 amide bonds. The van der Waals surface area contributed by atoms with Gasteiger partial charge in [-0.2, -0.15) is 8.42 Å². The topological polar surface area (TPSA) is 72.5 Å². The summed E-state index contributed by atoms with van der Waals surface area (Å²) in [6.07, 6.45) is 0.613. The number of carbonyl (C=O) groups is 1. The number of rotatable bonds is 3. The van der Waals surface area contributed by atoms with Gasteiger partial charge in [-0.05, 0) is 32.0 Å². The van der Waals surface area contributed by atoms with Crippen LogP contribution in [0.5, 0.6) is 0 Å². The lowest BCUT2D eigenvalue weighted by atomic mass is 10.1. The van der Waals surface area contributed by atoms with Crippen LogP contribution in [0.2, 0.25) is 0 Å². The highest BCUT2D eigenvalue weighted by atomic mass is 32.2. The molecule has 1 atom stereocenters. The molecule has 2 rings (SSSR count). The van der Waals surface area contributed by atoms with Crippen molar-refractivity contribution < 1.29 is 17.4 Å². The third kappa shape index (κ3) is 2.65. The third-order valence-electron chi connectivity index (χ3n) is 2.61. The molecule has 1 unspecified atom stereocenters. The molecule has 1 aromatic rings. The fourth-order valence-corrected chi connectivity index (χ4v) is 2.31. The van der Waals surface area contributed by atoms with Crippen molar-refractivity contribution in [3.05, 3.63) is 29.8 Å². The maximum absolute atomic E-state index is 11.7. The molecular weight excluding hydrogens is 242 g/mol. The first-order valence-corrected chi connectivity index (χ1v) is 6.68. The Morgan fingerprint density at radius 2 is 1.94 bits per heavy atom. The second kappa shape index (κ2) is 4.46. The van der Waals surface area contributed by atoms with Gasteiger partial charge >= 0.3 is 16.1 Å². The summed E-state index contributed by atoms with van der Waals surface area (Å²) in [4.78, 5) is 11.4. The average Bonchev–Trinajstić information content (AvgIpc) is 2.14. The van der Waals surface area contributed by atoms with E-state index in [4.69, 9.17) is 0 Å². The highest BCUT2D eigenvalue weighted by Gasteiger charge is 2.30. The van der Waals surface area contributed by atoms with Gasteiger partial charge in [0, 0.05) is 0 Å². The number of aryl methyl sites for hydroxylation is 1. The minimum atomic E-state index is -3.99. The van der Waals surface area contributed by atoms with Crippen LogP contribution >= 0.6 is 0 Å². The highest BCUT2D eigenvalue weighted by Crippen LogP contribution is 2.15. The van der Waals surface area contributed by atoms with Crippen molar-refractivity contribution in [1.29, 1.82) is 0 Å². The maximum Gasteiger partial charge on any atom is 0.341 e. The SMILES string of the molecule is Cc1ccc(S(=O)(=O)OC(=O)C2CCN2)cc1. The van der Waals surface area contributed by atoms with Crippen molar-refractivity contribution in [3.63, 3.8) is 0 Å². The molecule has 6 heteroatoms. The van der Waals surface area contributed by atoms with Gasteiger partial charge in [-0.1, -0.05) is 17.7 Å². The van der Waals surface area contributed by atoms with E-state index in [1.807, 2.05) is 6.92 Å². The molecule has 1 aliphatic heterocycles. The monoisotopic (exact) mass is 255 g/mol. The van der Waals surface area contributed by atoms with Crippen LogP contribution < -0.4 is 5.32 Å². The zero-order valence-electron chi connectivity index (χ0n) is 9.34. The Labute approximate surface area is 99.9 Å². The Balaban J connectivity index is 2.13. The van der Waals surface area contributed by atoms with Gasteiger partial charge in [-0.15, -0.1) is 0 Å². The molecule has 0 aromatic heterocycles. The number of hydrogen-bond donors (Lipinski definition) is 1. The average molecular weight is 255 g/mol. The Bertz CT molecular complexity index is 517. The van der Waals surface area contributed by atoms with Crippen molar-refractivity contribution >= 4 is 16.1 Å². The quantitative estimate of drug-likeness (QED) is 0.800. The van der Waals surface area contributed by atoms with E-state index < -0.39 is 22.1 Å². The normalized spacial score (nSPS) is 19.5. The first kappa shape index (κ1) is 12.1. The van der Waals surface area contributed by atoms with Crippen LogP contribution in [-0.4, -0.2) is 27.0 Å². The summed E-state index contributed by atoms with van der Waals surface area (Å²) in [7, 11) is -3.99. The van der Waals surface area contributed by atoms with Gasteiger partial charge in [0.25, 0.3) is 0 Å². The summed E-state index contributed by atoms with van der Waals surface area (Å²) in [6, 6.07) is 5.67. The predicted octanol–water partition coefficient (Wildman–Crippen LogP) is 0.589. The Kier molecular flexibility index (Phi) is 3.17. The Hall–Kier alpha value is -1.40. The van der Waals surface area contributed by atoms with Crippen LogP contribution in [0.3, 0.4) is 0 Å². The van der Waals surface area contributed by atoms with Crippen molar-refractivity contribution in [1.82, 2.24) is 5.32 Å². The van der Waals surface area contributed by atoms with E-state index in [9.17, 15) is 13.2 Å². The molecule has 17 heavy (non-hydrogen) atoms. The number of benzene rings is 1. The molecule has 5 nitrogen and oxygen atoms in total. The number of hydrogen-bond acceptors (Lipinski definition) is 5. The van der Waals surface area contributed by atoms with Gasteiger partial charge in [0.05, 0.1) is 0 Å². The molecular formula is C11H13NO4S. The lowest BCUT2D eigenvalue weighted by molar-refractivity contribution is -0.137. The molecule has 0 aliphatic carbocycles. The maximum atomic E-state index is 11.7. The fraction of sp³-hybridized carbons (Fsp3) is 0.364. The molecule has 1 aliphatic rings. The molecule has 0 radical (unpaired) electrons. The lowest BCUT2D eigenvalue weighted by Gasteiger charge is -2.24. The van der Waals surface area contributed by atoms with Crippen LogP contribution in [0.15, 0.2) is 29.2 Å². The summed E-state index contributed by atoms with van der Waals surface area (Å²) >= 11 is 0. The van der Waals surface area contributed by atoms with Gasteiger partial charge < -0.3 is 9.50 Å². The van der Waals surface area contributed by atoms with E-state index in [2.05, 4.69) is 9.50 Å². The molecule has 1 heterocycles. The van der Waals surface area contributed by atoms with Gasteiger partial charge in [0.15, 0.2) is 0 Å². The van der Waals surface area contributed by atoms with Crippen LogP contribution in [-0.2, 0) is 19.1 Å². The molecule has 1 aromatic carbocycles. The summed E-state index contributed by atoms with van der Waals surface area (Å²) in [5.74, 6) is -0.739. The number of carbonyl (C=O) groups excluding carboxylic acids is 1. The Morgan fingerprint density at radius 1 is 1.35 bits per heavy atom. The zero-order chi connectivity index (χ0) is 12.5. The van der Waals surface area contributed by atoms with E-state index in [0.29, 0.717) is 13.0 Å². The Morgan fingerprint density at radius 3 is 2.41 bits per heavy atom. The van der Waals surface area contributed by atoms with Crippen molar-refractivity contribution in [2.45, 2.75) is 24.3 Å². The first-order valence-electron chi connectivity index (χ1n) is 5.27. The van der Waals surface area contributed by atoms with E-state index in [1.54, 1.807) is 12.1 Å². The van der Waals surface area contributed by atoms with Crippen LogP contribution in [0.4, 0.5) is 0 Å². The molecule has 1 fully saturated rings. The molecule has 0 saturated carbocycles. The molecule has 1 saturated heterocycles. The molecule has 0 bridgehead atoms. The van der Waals surface area contributed by atoms with Crippen LogP contribution in [0.25, 0.3) is 0 Å². The van der Waals surface area contributed by atoms with Gasteiger partial charge in [0.2, 0.25) is 0 Å². The fourth-order valence-electron chi connectivity index (χ4n) is 1.41. The van der Waals surface area contributed by atoms with Crippen LogP contribution in [0.1, 0.15) is 12.0 Å². The van der Waals surface area contributed by atoms with E-state index >= 15 is 0 Å². The van der Waals surface area contributed by atoms with E-state index in [0.717, 1.165) is 5.56 Å². The predicted molar refractivity (Wildman–Crippen MR) is 60.9 cm³/mol. The summed E-state index contributed by atoms with van der Waals surface area (Å²) in [5, 5.41) is 2.79. The second-order valence-electron chi connectivity index (χ2n) is 3.96. The van der Waals surface area contributed by atoms with Crippen LogP contribution in [0, 0.1) is 6.92 Å². The molecule has 92 valence electrons. The minimum absolute atomic E-state index is 0.00391. The summed E-state index contributed by atoms with van der Waals surface area (Å²) in [5.41, 5.74) is 0.941. The minimum Gasteiger partial charge on any atom is -0.341 e. The second-order valence-corrected chi connectivity index (χ2v) is 5.51. The van der Waals surface area contributed by atoms with E-state index in [1.165, 1.54) is 12.1 Å². The largest absolute Gasteiger partial charge is 0.341 e. The van der Waals surface area contributed by atoms with Crippen molar-refractivity contribution in [2.75, 3.05) is 6.54 Å². The van der Waals surface area contributed by atoms with Gasteiger partial charge in [0.1, 0.15) is 10.9 Å². The molecule has 1 N–H and O–H groups in total. The smallest absolute Gasteiger partial charge is 0.341 e. The van der Waals surface area contributed by atoms with Crippen molar-refractivity contribution in [3.8, 4) is 0 Å². The standard InChI is InChI=1S/C11H13NO4S/c1-8-2-4-9(5-3-8)17(14,15)16-11(13)10-6-7-12-10/h2-5,10,12H,6-7H2,1H3. The van der Waals surface area contributed by atoms with Gasteiger partial charge in [-0.3, -0.25) is 0 Å². The highest BCUT2D eigenvalue weighted by molar-refractivity contribution is 7.87. The molecule has 0 spiro atoms. The lowest BCUT2D eigenvalue weighted by Crippen LogP contribution is -2.49. The zero-order valence-corrected chi connectivity index (χ0v) is 10.2. The third-order valence-corrected chi connectivity index (χ3v) is 3.84. The summed E-state index contributed by atoms with van der Waals surface area (Å²) in [6.45, 7) is 2.56. The summed E-state index contributed by atoms with van der Waals surface area (Å²) < 4.78 is 28.0. The van der Waals surface area contributed by atoms with E-state index in [-0.39, 0.29) is 4.90 Å². The first-order chi connectivity index (χ1) is 7.99. The van der Waals surface area contributed by atoms with Crippen molar-refractivity contribution in [2.24, 2.45) is 0 Å². The number of nitrogens with one attached hydrogen (secondary N) is 1. The van der Waals surface area contributed by atoms with Gasteiger partial charge in [-0.25, -0.2) is 4.79 Å².